The molecule has 5 nitrogen and oxygen atoms in total. The Kier molecular flexibility index (Phi) is 2.15. The first kappa shape index (κ1) is 9.76. The van der Waals surface area contributed by atoms with Gasteiger partial charge in [0, 0.05) is 12.3 Å². The van der Waals surface area contributed by atoms with Crippen LogP contribution in [0.15, 0.2) is 24.4 Å². The van der Waals surface area contributed by atoms with Gasteiger partial charge in [0.2, 0.25) is 0 Å². The highest BCUT2D eigenvalue weighted by Gasteiger charge is 2.48. The number of allylic oxidation sites excluding steroid dienone is 2. The van der Waals surface area contributed by atoms with Crippen molar-refractivity contribution in [3.05, 3.63) is 24.4 Å². The van der Waals surface area contributed by atoms with Gasteiger partial charge in [-0.2, -0.15) is 9.28 Å². The smallest absolute Gasteiger partial charge is 0.435 e. The molecule has 1 atom stereocenters. The molecule has 1 heterocycles. The lowest BCUT2D eigenvalue weighted by Gasteiger charge is -2.38. The Morgan fingerprint density at radius 3 is 2.46 bits per heavy atom. The topological polar surface area (TPSA) is 69.6 Å². The zero-order valence-corrected chi connectivity index (χ0v) is 7.56. The highest BCUT2D eigenvalue weighted by atomic mass is 16.4. The average Bonchev–Trinajstić information content (AvgIpc) is 2.05. The van der Waals surface area contributed by atoms with E-state index < -0.39 is 16.4 Å². The van der Waals surface area contributed by atoms with Crippen molar-refractivity contribution in [2.24, 2.45) is 0 Å². The number of hydrogen-bond donors (Lipinski definition) is 3. The molecule has 1 unspecified atom stereocenters. The quantitative estimate of drug-likeness (QED) is 0.399. The lowest BCUT2D eigenvalue weighted by atomic mass is 10.2. The van der Waals surface area contributed by atoms with E-state index in [0.717, 1.165) is 0 Å². The summed E-state index contributed by atoms with van der Waals surface area (Å²) in [5.41, 5.74) is 0. The van der Waals surface area contributed by atoms with E-state index in [4.69, 9.17) is 5.11 Å². The van der Waals surface area contributed by atoms with Crippen molar-refractivity contribution < 1.29 is 19.5 Å². The van der Waals surface area contributed by atoms with Gasteiger partial charge < -0.3 is 15.5 Å². The number of nitrogens with one attached hydrogen (secondary N) is 1. The number of aliphatic hydroxyl groups is 1. The summed E-state index contributed by atoms with van der Waals surface area (Å²) in [6.07, 6.45) is 5.06. The van der Waals surface area contributed by atoms with Crippen molar-refractivity contribution in [2.75, 3.05) is 14.1 Å². The summed E-state index contributed by atoms with van der Waals surface area (Å²) < 4.78 is -0.589. The molecule has 3 N–H and O–H groups in total. The summed E-state index contributed by atoms with van der Waals surface area (Å²) in [6.45, 7) is 0. The SMILES string of the molecule is C[N+](C)(C(=O)O)C1(O)C=CC=CN1. The molecule has 0 aromatic rings. The summed E-state index contributed by atoms with van der Waals surface area (Å²) in [5, 5.41) is 21.4. The van der Waals surface area contributed by atoms with Gasteiger partial charge in [-0.15, -0.1) is 0 Å². The predicted molar refractivity (Wildman–Crippen MR) is 46.5 cm³/mol. The summed E-state index contributed by atoms with van der Waals surface area (Å²) in [7, 11) is 2.80. The van der Waals surface area contributed by atoms with Gasteiger partial charge in [0.1, 0.15) is 0 Å². The van der Waals surface area contributed by atoms with E-state index in [0.29, 0.717) is 0 Å². The monoisotopic (exact) mass is 185 g/mol. The molecule has 0 aromatic heterocycles. The third kappa shape index (κ3) is 1.43. The van der Waals surface area contributed by atoms with E-state index in [2.05, 4.69) is 5.32 Å². The molecule has 0 saturated carbocycles. The maximum atomic E-state index is 10.8. The Labute approximate surface area is 76.2 Å². The summed E-state index contributed by atoms with van der Waals surface area (Å²) in [4.78, 5) is 10.8. The molecular formula is C8H13N2O3+. The molecule has 0 bridgehead atoms. The van der Waals surface area contributed by atoms with Crippen molar-refractivity contribution >= 4 is 6.09 Å². The number of carboxylic acid groups (broad SMARTS) is 1. The molecule has 1 rings (SSSR count). The van der Waals surface area contributed by atoms with Crippen LogP contribution >= 0.6 is 0 Å². The number of likely N-dealkylation sites (N-methyl/N-ethyl adjacent to an activating group) is 1. The van der Waals surface area contributed by atoms with Crippen molar-refractivity contribution in [3.8, 4) is 0 Å². The lowest BCUT2D eigenvalue weighted by Crippen LogP contribution is -2.67. The molecule has 0 saturated heterocycles. The maximum Gasteiger partial charge on any atom is 0.517 e. The van der Waals surface area contributed by atoms with Crippen LogP contribution < -0.4 is 5.32 Å². The molecule has 0 aliphatic carbocycles. The van der Waals surface area contributed by atoms with Crippen LogP contribution in [-0.4, -0.2) is 40.7 Å². The normalized spacial score (nSPS) is 27.0. The number of rotatable bonds is 1. The molecule has 72 valence electrons. The van der Waals surface area contributed by atoms with Gasteiger partial charge in [0.15, 0.2) is 0 Å². The second-order valence-electron chi connectivity index (χ2n) is 3.32. The van der Waals surface area contributed by atoms with E-state index in [9.17, 15) is 9.90 Å². The van der Waals surface area contributed by atoms with E-state index >= 15 is 0 Å². The van der Waals surface area contributed by atoms with Crippen LogP contribution in [0.4, 0.5) is 4.79 Å². The fourth-order valence-electron chi connectivity index (χ4n) is 0.958. The van der Waals surface area contributed by atoms with Crippen LogP contribution in [-0.2, 0) is 0 Å². The highest BCUT2D eigenvalue weighted by molar-refractivity contribution is 5.57. The van der Waals surface area contributed by atoms with Crippen LogP contribution in [0.5, 0.6) is 0 Å². The van der Waals surface area contributed by atoms with Crippen molar-refractivity contribution in [1.82, 2.24) is 5.32 Å². The first-order valence-electron chi connectivity index (χ1n) is 3.82. The van der Waals surface area contributed by atoms with E-state index in [1.54, 1.807) is 12.2 Å². The molecule has 1 aliphatic rings. The minimum absolute atomic E-state index is 0.589. The number of carbonyl (C=O) groups is 1. The van der Waals surface area contributed by atoms with E-state index in [1.165, 1.54) is 26.4 Å². The Morgan fingerprint density at radius 1 is 1.46 bits per heavy atom. The third-order valence-electron chi connectivity index (χ3n) is 2.16. The predicted octanol–water partition coefficient (Wildman–Crippen LogP) is 0.0600. The lowest BCUT2D eigenvalue weighted by molar-refractivity contribution is -0.896. The molecule has 0 radical (unpaired) electrons. The fourth-order valence-corrected chi connectivity index (χ4v) is 0.958. The fraction of sp³-hybridized carbons (Fsp3) is 0.375. The molecular weight excluding hydrogens is 172 g/mol. The molecule has 1 aliphatic heterocycles. The van der Waals surface area contributed by atoms with Gasteiger partial charge in [-0.1, -0.05) is 6.08 Å². The molecule has 0 aromatic carbocycles. The molecule has 1 amide bonds. The second-order valence-corrected chi connectivity index (χ2v) is 3.32. The Morgan fingerprint density at radius 2 is 2.08 bits per heavy atom. The van der Waals surface area contributed by atoms with Crippen molar-refractivity contribution in [3.63, 3.8) is 0 Å². The minimum atomic E-state index is -1.58. The van der Waals surface area contributed by atoms with E-state index in [1.807, 2.05) is 0 Å². The zero-order chi connectivity index (χ0) is 10.1. The highest BCUT2D eigenvalue weighted by Crippen LogP contribution is 2.19. The van der Waals surface area contributed by atoms with Crippen LogP contribution in [0.3, 0.4) is 0 Å². The third-order valence-corrected chi connectivity index (χ3v) is 2.16. The zero-order valence-electron chi connectivity index (χ0n) is 7.56. The Hall–Kier alpha value is -1.33. The van der Waals surface area contributed by atoms with Crippen LogP contribution in [0.25, 0.3) is 0 Å². The number of hydrogen-bond acceptors (Lipinski definition) is 3. The van der Waals surface area contributed by atoms with Gasteiger partial charge in [-0.05, 0) is 6.08 Å². The summed E-state index contributed by atoms with van der Waals surface area (Å²) >= 11 is 0. The first-order chi connectivity index (χ1) is 5.90. The molecule has 0 spiro atoms. The Balaban J connectivity index is 2.99. The van der Waals surface area contributed by atoms with Gasteiger partial charge >= 0.3 is 11.9 Å². The number of nitrogens with zero attached hydrogens (tertiary/aromatic N) is 1. The molecule has 13 heavy (non-hydrogen) atoms. The number of quaternary nitrogens is 1. The molecule has 0 fully saturated rings. The summed E-state index contributed by atoms with van der Waals surface area (Å²) in [5.74, 6) is -1.58. The number of amides is 1. The second kappa shape index (κ2) is 2.86. The van der Waals surface area contributed by atoms with Crippen LogP contribution in [0, 0.1) is 0 Å². The minimum Gasteiger partial charge on any atom is -0.435 e. The molecule has 5 heteroatoms. The maximum absolute atomic E-state index is 10.8. The average molecular weight is 185 g/mol. The van der Waals surface area contributed by atoms with Gasteiger partial charge in [-0.25, -0.2) is 0 Å². The Bertz CT molecular complexity index is 283. The summed E-state index contributed by atoms with van der Waals surface area (Å²) in [6, 6.07) is 0. The van der Waals surface area contributed by atoms with Crippen LogP contribution in [0.2, 0.25) is 0 Å². The van der Waals surface area contributed by atoms with Gasteiger partial charge in [0.25, 0.3) is 0 Å². The first-order valence-corrected chi connectivity index (χ1v) is 3.82. The van der Waals surface area contributed by atoms with Gasteiger partial charge in [0.05, 0.1) is 14.1 Å². The number of dihydropyridines is 1. The van der Waals surface area contributed by atoms with E-state index in [-0.39, 0.29) is 0 Å². The van der Waals surface area contributed by atoms with Crippen LogP contribution in [0.1, 0.15) is 0 Å². The van der Waals surface area contributed by atoms with Crippen molar-refractivity contribution in [2.45, 2.75) is 5.85 Å². The largest absolute Gasteiger partial charge is 0.517 e. The van der Waals surface area contributed by atoms with Gasteiger partial charge in [-0.3, -0.25) is 0 Å². The standard InChI is InChI=1S/C8H12N2O3/c1-10(2,7(11)12)8(13)5-3-4-6-9-8/h3-6,9,13H,1-2H3/p+1. The van der Waals surface area contributed by atoms with Crippen molar-refractivity contribution in [1.29, 1.82) is 0 Å².